The average molecular weight is 176 g/mol. The molecule has 0 unspecified atom stereocenters. The first kappa shape index (κ1) is 9.38. The Morgan fingerprint density at radius 2 is 2.18 bits per heavy atom. The van der Waals surface area contributed by atoms with Crippen LogP contribution in [0.4, 0.5) is 0 Å². The lowest BCUT2D eigenvalue weighted by atomic mass is 9.83. The highest BCUT2D eigenvalue weighted by Gasteiger charge is 2.48. The van der Waals surface area contributed by atoms with Crippen molar-refractivity contribution in [1.82, 2.24) is 0 Å². The van der Waals surface area contributed by atoms with E-state index in [1.54, 1.807) is 6.92 Å². The van der Waals surface area contributed by atoms with Gasteiger partial charge in [-0.15, -0.1) is 0 Å². The zero-order chi connectivity index (χ0) is 8.65. The number of hydrogen-bond acceptors (Lipinski definition) is 4. The van der Waals surface area contributed by atoms with Crippen LogP contribution in [0.15, 0.2) is 0 Å². The van der Waals surface area contributed by atoms with Crippen LogP contribution in [-0.2, 0) is 0 Å². The van der Waals surface area contributed by atoms with Crippen LogP contribution in [0.1, 0.15) is 6.92 Å². The highest BCUT2D eigenvalue weighted by molar-refractivity contribution is 8.02. The molecular formula is C6H13BO3S. The van der Waals surface area contributed by atoms with Crippen molar-refractivity contribution < 1.29 is 15.3 Å². The molecule has 0 aromatic carbocycles. The van der Waals surface area contributed by atoms with E-state index in [1.807, 2.05) is 7.85 Å². The van der Waals surface area contributed by atoms with Crippen molar-refractivity contribution in [3.8, 4) is 0 Å². The van der Waals surface area contributed by atoms with Crippen LogP contribution in [0.3, 0.4) is 0 Å². The van der Waals surface area contributed by atoms with Gasteiger partial charge in [0, 0.05) is 5.15 Å². The SMILES string of the molecule is B[C@@H]1S[C@H](CO)[C@@H](O)[C@@]1(C)O. The predicted molar refractivity (Wildman–Crippen MR) is 47.4 cm³/mol. The summed E-state index contributed by atoms with van der Waals surface area (Å²) in [4.78, 5) is 0. The minimum atomic E-state index is -1.06. The van der Waals surface area contributed by atoms with Crippen LogP contribution in [0.5, 0.6) is 0 Å². The molecule has 0 saturated carbocycles. The highest BCUT2D eigenvalue weighted by Crippen LogP contribution is 2.39. The van der Waals surface area contributed by atoms with Gasteiger partial charge in [0.1, 0.15) is 7.85 Å². The number of aliphatic hydroxyl groups is 3. The van der Waals surface area contributed by atoms with Gasteiger partial charge in [0.25, 0.3) is 0 Å². The van der Waals surface area contributed by atoms with Crippen molar-refractivity contribution in [2.75, 3.05) is 6.61 Å². The van der Waals surface area contributed by atoms with Gasteiger partial charge in [-0.3, -0.25) is 0 Å². The van der Waals surface area contributed by atoms with E-state index in [0.717, 1.165) is 0 Å². The third-order valence-corrected chi connectivity index (χ3v) is 3.97. The van der Waals surface area contributed by atoms with Gasteiger partial charge in [-0.1, -0.05) is 0 Å². The molecule has 1 saturated heterocycles. The second-order valence-corrected chi connectivity index (χ2v) is 4.75. The van der Waals surface area contributed by atoms with E-state index in [0.29, 0.717) is 0 Å². The van der Waals surface area contributed by atoms with Gasteiger partial charge in [-0.05, 0) is 6.92 Å². The maximum Gasteiger partial charge on any atom is 0.122 e. The molecule has 0 aromatic rings. The molecule has 0 radical (unpaired) electrons. The summed E-state index contributed by atoms with van der Waals surface area (Å²) in [6, 6.07) is 0. The summed E-state index contributed by atoms with van der Waals surface area (Å²) in [6.07, 6.45) is -0.813. The summed E-state index contributed by atoms with van der Waals surface area (Å²) in [5.41, 5.74) is -1.06. The summed E-state index contributed by atoms with van der Waals surface area (Å²) in [5, 5.41) is 27.6. The highest BCUT2D eigenvalue weighted by atomic mass is 32.2. The fourth-order valence-corrected chi connectivity index (χ4v) is 2.68. The van der Waals surface area contributed by atoms with Gasteiger partial charge < -0.3 is 15.3 Å². The van der Waals surface area contributed by atoms with Crippen molar-refractivity contribution >= 4 is 19.6 Å². The number of hydrogen-bond donors (Lipinski definition) is 3. The minimum absolute atomic E-state index is 0.0188. The molecule has 1 aliphatic rings. The smallest absolute Gasteiger partial charge is 0.122 e. The van der Waals surface area contributed by atoms with E-state index >= 15 is 0 Å². The quantitative estimate of drug-likeness (QED) is 0.411. The Morgan fingerprint density at radius 1 is 1.64 bits per heavy atom. The Morgan fingerprint density at radius 3 is 2.36 bits per heavy atom. The predicted octanol–water partition coefficient (Wildman–Crippen LogP) is -1.83. The molecule has 0 aliphatic carbocycles. The van der Waals surface area contributed by atoms with Crippen LogP contribution < -0.4 is 0 Å². The van der Waals surface area contributed by atoms with Crippen molar-refractivity contribution in [2.24, 2.45) is 0 Å². The fourth-order valence-electron chi connectivity index (χ4n) is 1.23. The van der Waals surface area contributed by atoms with Gasteiger partial charge >= 0.3 is 0 Å². The third kappa shape index (κ3) is 1.43. The molecule has 0 spiro atoms. The van der Waals surface area contributed by atoms with Gasteiger partial charge in [0.15, 0.2) is 0 Å². The van der Waals surface area contributed by atoms with Crippen LogP contribution in [0.25, 0.3) is 0 Å². The lowest BCUT2D eigenvalue weighted by Crippen LogP contribution is -2.45. The first-order chi connectivity index (χ1) is 5.00. The first-order valence-electron chi connectivity index (χ1n) is 3.67. The molecule has 1 aliphatic heterocycles. The monoisotopic (exact) mass is 176 g/mol. The van der Waals surface area contributed by atoms with Gasteiger partial charge in [0.05, 0.1) is 23.6 Å². The van der Waals surface area contributed by atoms with Crippen LogP contribution in [-0.4, -0.2) is 51.9 Å². The molecule has 4 atom stereocenters. The zero-order valence-corrected chi connectivity index (χ0v) is 7.51. The first-order valence-corrected chi connectivity index (χ1v) is 4.61. The van der Waals surface area contributed by atoms with Crippen LogP contribution in [0, 0.1) is 0 Å². The van der Waals surface area contributed by atoms with E-state index < -0.39 is 11.7 Å². The van der Waals surface area contributed by atoms with Crippen molar-refractivity contribution in [1.29, 1.82) is 0 Å². The topological polar surface area (TPSA) is 60.7 Å². The second kappa shape index (κ2) is 2.97. The Hall–Kier alpha value is 0.295. The largest absolute Gasteiger partial charge is 0.395 e. The maximum atomic E-state index is 9.65. The Kier molecular flexibility index (Phi) is 2.54. The van der Waals surface area contributed by atoms with Gasteiger partial charge in [-0.2, -0.15) is 11.8 Å². The average Bonchev–Trinajstić information content (AvgIpc) is 2.14. The molecule has 3 N–H and O–H groups in total. The van der Waals surface area contributed by atoms with Crippen molar-refractivity contribution in [3.63, 3.8) is 0 Å². The molecule has 11 heavy (non-hydrogen) atoms. The fraction of sp³-hybridized carbons (Fsp3) is 1.00. The number of aliphatic hydroxyl groups excluding tert-OH is 2. The molecule has 0 amide bonds. The standard InChI is InChI=1S/C6H13BO3S/c1-6(10)4(9)3(2-8)11-5(6)7/h3-5,8-10H,2,7H2,1H3/t3-,4-,5-,6-/m1/s1. The third-order valence-electron chi connectivity index (χ3n) is 2.33. The molecule has 1 fully saturated rings. The summed E-state index contributed by atoms with van der Waals surface area (Å²) >= 11 is 1.43. The number of thioether (sulfide) groups is 1. The molecule has 1 rings (SSSR count). The molecule has 3 nitrogen and oxygen atoms in total. The molecular weight excluding hydrogens is 163 g/mol. The van der Waals surface area contributed by atoms with E-state index in [1.165, 1.54) is 11.8 Å². The van der Waals surface area contributed by atoms with Gasteiger partial charge in [-0.25, -0.2) is 0 Å². The van der Waals surface area contributed by atoms with E-state index in [-0.39, 0.29) is 17.0 Å². The normalized spacial score (nSPS) is 51.5. The molecule has 5 heteroatoms. The Labute approximate surface area is 71.2 Å². The Balaban J connectivity index is 2.71. The number of rotatable bonds is 1. The summed E-state index contributed by atoms with van der Waals surface area (Å²) < 4.78 is 0. The van der Waals surface area contributed by atoms with Crippen LogP contribution in [0.2, 0.25) is 0 Å². The minimum Gasteiger partial charge on any atom is -0.395 e. The lowest BCUT2D eigenvalue weighted by molar-refractivity contribution is -0.0465. The second-order valence-electron chi connectivity index (χ2n) is 3.17. The van der Waals surface area contributed by atoms with Crippen molar-refractivity contribution in [3.05, 3.63) is 0 Å². The van der Waals surface area contributed by atoms with E-state index in [9.17, 15) is 10.2 Å². The molecule has 1 heterocycles. The molecule has 64 valence electrons. The molecule has 0 aromatic heterocycles. The Bertz CT molecular complexity index is 153. The zero-order valence-electron chi connectivity index (χ0n) is 6.69. The van der Waals surface area contributed by atoms with Gasteiger partial charge in [0.2, 0.25) is 0 Å². The summed E-state index contributed by atoms with van der Waals surface area (Å²) in [6.45, 7) is 1.53. The van der Waals surface area contributed by atoms with Crippen LogP contribution >= 0.6 is 11.8 Å². The summed E-state index contributed by atoms with van der Waals surface area (Å²) in [7, 11) is 1.85. The molecule has 0 bridgehead atoms. The van der Waals surface area contributed by atoms with Crippen molar-refractivity contribution in [2.45, 2.75) is 29.0 Å². The maximum absolute atomic E-state index is 9.65. The summed E-state index contributed by atoms with van der Waals surface area (Å²) in [5.74, 6) is 0. The lowest BCUT2D eigenvalue weighted by Gasteiger charge is -2.25. The van der Waals surface area contributed by atoms with E-state index in [2.05, 4.69) is 0 Å². The van der Waals surface area contributed by atoms with E-state index in [4.69, 9.17) is 5.11 Å².